The Morgan fingerprint density at radius 2 is 1.57 bits per heavy atom. The van der Waals surface area contributed by atoms with E-state index in [9.17, 15) is 14.4 Å². The second-order valence-electron chi connectivity index (χ2n) is 6.01. The Balaban J connectivity index is 2.00. The predicted octanol–water partition coefficient (Wildman–Crippen LogP) is 3.11. The van der Waals surface area contributed by atoms with Crippen LogP contribution in [0.1, 0.15) is 31.1 Å². The second-order valence-corrected chi connectivity index (χ2v) is 6.01. The fourth-order valence-electron chi connectivity index (χ4n) is 2.50. The zero-order chi connectivity index (χ0) is 20.5. The van der Waals surface area contributed by atoms with Gasteiger partial charge < -0.3 is 14.8 Å². The molecule has 0 saturated heterocycles. The van der Waals surface area contributed by atoms with Crippen LogP contribution in [-0.2, 0) is 9.59 Å². The zero-order valence-electron chi connectivity index (χ0n) is 16.2. The fraction of sp³-hybridized carbons (Fsp3) is 0.286. The van der Waals surface area contributed by atoms with E-state index in [1.165, 1.54) is 19.1 Å². The molecule has 7 heteroatoms. The van der Waals surface area contributed by atoms with Crippen LogP contribution in [-0.4, -0.2) is 42.4 Å². The van der Waals surface area contributed by atoms with Crippen molar-refractivity contribution in [2.24, 2.45) is 0 Å². The number of rotatable bonds is 8. The first-order chi connectivity index (χ1) is 13.4. The molecule has 0 bridgehead atoms. The third kappa shape index (κ3) is 6.21. The molecule has 0 fully saturated rings. The van der Waals surface area contributed by atoms with Gasteiger partial charge in [-0.3, -0.25) is 14.5 Å². The minimum Gasteiger partial charge on any atom is -0.426 e. The molecule has 0 saturated carbocycles. The average Bonchev–Trinajstić information content (AvgIpc) is 2.67. The first-order valence-electron chi connectivity index (χ1n) is 9.04. The summed E-state index contributed by atoms with van der Waals surface area (Å²) in [6.07, 6.45) is 0. The number of hydrogen-bond acceptors (Lipinski definition) is 6. The normalized spacial score (nSPS) is 10.4. The third-order valence-electron chi connectivity index (χ3n) is 3.97. The molecule has 148 valence electrons. The maximum Gasteiger partial charge on any atom is 0.347 e. The van der Waals surface area contributed by atoms with Gasteiger partial charge in [0.1, 0.15) is 17.1 Å². The van der Waals surface area contributed by atoms with Crippen molar-refractivity contribution in [3.63, 3.8) is 0 Å². The molecule has 0 aliphatic rings. The smallest absolute Gasteiger partial charge is 0.347 e. The number of benzene rings is 2. The molecule has 0 unspecified atom stereocenters. The number of nitrogens with one attached hydrogen (secondary N) is 1. The van der Waals surface area contributed by atoms with Gasteiger partial charge in [-0.1, -0.05) is 26.0 Å². The summed E-state index contributed by atoms with van der Waals surface area (Å²) < 4.78 is 10.4. The molecular weight excluding hydrogens is 360 g/mol. The van der Waals surface area contributed by atoms with Crippen LogP contribution in [0.3, 0.4) is 0 Å². The number of esters is 2. The van der Waals surface area contributed by atoms with Crippen molar-refractivity contribution in [3.8, 4) is 11.5 Å². The van der Waals surface area contributed by atoms with Crippen LogP contribution in [0.25, 0.3) is 0 Å². The highest BCUT2D eigenvalue weighted by atomic mass is 16.5. The molecule has 2 rings (SSSR count). The molecule has 1 N–H and O–H groups in total. The van der Waals surface area contributed by atoms with E-state index in [1.807, 2.05) is 18.7 Å². The monoisotopic (exact) mass is 384 g/mol. The topological polar surface area (TPSA) is 84.9 Å². The Morgan fingerprint density at radius 1 is 0.929 bits per heavy atom. The molecule has 0 aliphatic carbocycles. The Morgan fingerprint density at radius 3 is 2.18 bits per heavy atom. The molecule has 28 heavy (non-hydrogen) atoms. The molecule has 0 radical (unpaired) electrons. The largest absolute Gasteiger partial charge is 0.426 e. The van der Waals surface area contributed by atoms with E-state index in [0.29, 0.717) is 18.0 Å². The fourth-order valence-corrected chi connectivity index (χ4v) is 2.50. The lowest BCUT2D eigenvalue weighted by molar-refractivity contribution is -0.131. The van der Waals surface area contributed by atoms with Crippen molar-refractivity contribution in [2.75, 3.05) is 25.0 Å². The summed E-state index contributed by atoms with van der Waals surface area (Å²) >= 11 is 0. The number of carbonyl (C=O) groups is 3. The summed E-state index contributed by atoms with van der Waals surface area (Å²) in [4.78, 5) is 37.6. The lowest BCUT2D eigenvalue weighted by Crippen LogP contribution is -2.32. The first kappa shape index (κ1) is 21.1. The minimum atomic E-state index is -0.643. The van der Waals surface area contributed by atoms with Gasteiger partial charge in [-0.25, -0.2) is 4.79 Å². The number of ether oxygens (including phenoxy) is 2. The second kappa shape index (κ2) is 10.2. The van der Waals surface area contributed by atoms with Gasteiger partial charge in [-0.15, -0.1) is 0 Å². The van der Waals surface area contributed by atoms with Gasteiger partial charge in [-0.05, 0) is 49.5 Å². The van der Waals surface area contributed by atoms with Gasteiger partial charge >= 0.3 is 11.9 Å². The maximum absolute atomic E-state index is 12.4. The van der Waals surface area contributed by atoms with Crippen LogP contribution >= 0.6 is 0 Å². The van der Waals surface area contributed by atoms with Crippen LogP contribution in [0.15, 0.2) is 48.5 Å². The highest BCUT2D eigenvalue weighted by molar-refractivity contribution is 5.95. The Kier molecular flexibility index (Phi) is 7.71. The predicted molar refractivity (Wildman–Crippen MR) is 106 cm³/mol. The van der Waals surface area contributed by atoms with Crippen LogP contribution in [0, 0.1) is 0 Å². The maximum atomic E-state index is 12.4. The van der Waals surface area contributed by atoms with Crippen LogP contribution in [0.4, 0.5) is 5.69 Å². The summed E-state index contributed by atoms with van der Waals surface area (Å²) in [5.41, 5.74) is 0.756. The molecule has 0 spiro atoms. The van der Waals surface area contributed by atoms with Crippen molar-refractivity contribution < 1.29 is 23.9 Å². The van der Waals surface area contributed by atoms with E-state index in [-0.39, 0.29) is 17.2 Å². The van der Waals surface area contributed by atoms with E-state index in [4.69, 9.17) is 9.47 Å². The summed E-state index contributed by atoms with van der Waals surface area (Å²) in [6.45, 7) is 7.17. The number of anilines is 1. The zero-order valence-corrected chi connectivity index (χ0v) is 16.2. The summed E-state index contributed by atoms with van der Waals surface area (Å²) in [5.74, 6) is -0.825. The van der Waals surface area contributed by atoms with Crippen molar-refractivity contribution in [3.05, 3.63) is 54.1 Å². The molecule has 0 heterocycles. The molecule has 7 nitrogen and oxygen atoms in total. The van der Waals surface area contributed by atoms with E-state index < -0.39 is 11.9 Å². The van der Waals surface area contributed by atoms with E-state index in [0.717, 1.165) is 13.1 Å². The number of hydrogen-bond donors (Lipinski definition) is 1. The van der Waals surface area contributed by atoms with E-state index in [1.54, 1.807) is 36.4 Å². The molecule has 0 atom stereocenters. The minimum absolute atomic E-state index is 0.108. The molecule has 2 aromatic carbocycles. The highest BCUT2D eigenvalue weighted by Crippen LogP contribution is 2.22. The molecular formula is C21H24N2O5. The Labute approximate surface area is 164 Å². The molecule has 0 aromatic heterocycles. The number of carbonyl (C=O) groups excluding carboxylic acids is 3. The Bertz CT molecular complexity index is 829. The van der Waals surface area contributed by atoms with Gasteiger partial charge in [0.15, 0.2) is 0 Å². The number of nitrogens with zero attached hydrogens (tertiary/aromatic N) is 1. The number of para-hydroxylation sites is 1. The SMILES string of the molecule is CCN(CC)CC(=O)Nc1ccc(OC(=O)c2ccccc2OC(C)=O)cc1. The lowest BCUT2D eigenvalue weighted by Gasteiger charge is -2.17. The molecule has 0 aliphatic heterocycles. The van der Waals surface area contributed by atoms with Gasteiger partial charge in [-0.2, -0.15) is 0 Å². The third-order valence-corrected chi connectivity index (χ3v) is 3.97. The molecule has 2 aromatic rings. The standard InChI is InChI=1S/C21H24N2O5/c1-4-23(5-2)14-20(25)22-16-10-12-17(13-11-16)28-21(26)18-8-6-7-9-19(18)27-15(3)24/h6-13H,4-5,14H2,1-3H3,(H,22,25). The number of likely N-dealkylation sites (N-methyl/N-ethyl adjacent to an activating group) is 1. The quantitative estimate of drug-likeness (QED) is 0.556. The van der Waals surface area contributed by atoms with Crippen molar-refractivity contribution >= 4 is 23.5 Å². The van der Waals surface area contributed by atoms with Crippen LogP contribution in [0.5, 0.6) is 11.5 Å². The van der Waals surface area contributed by atoms with Crippen LogP contribution in [0.2, 0.25) is 0 Å². The van der Waals surface area contributed by atoms with Crippen molar-refractivity contribution in [2.45, 2.75) is 20.8 Å². The average molecular weight is 384 g/mol. The summed E-state index contributed by atoms with van der Waals surface area (Å²) in [5, 5.41) is 2.81. The van der Waals surface area contributed by atoms with Crippen molar-refractivity contribution in [1.82, 2.24) is 4.90 Å². The summed E-state index contributed by atoms with van der Waals surface area (Å²) in [7, 11) is 0. The van der Waals surface area contributed by atoms with Gasteiger partial charge in [0, 0.05) is 12.6 Å². The van der Waals surface area contributed by atoms with Gasteiger partial charge in [0.05, 0.1) is 6.54 Å². The lowest BCUT2D eigenvalue weighted by atomic mass is 10.2. The van der Waals surface area contributed by atoms with Crippen molar-refractivity contribution in [1.29, 1.82) is 0 Å². The van der Waals surface area contributed by atoms with E-state index >= 15 is 0 Å². The highest BCUT2D eigenvalue weighted by Gasteiger charge is 2.16. The number of amides is 1. The van der Waals surface area contributed by atoms with Crippen LogP contribution < -0.4 is 14.8 Å². The Hall–Kier alpha value is -3.19. The van der Waals surface area contributed by atoms with E-state index in [2.05, 4.69) is 5.32 Å². The summed E-state index contributed by atoms with van der Waals surface area (Å²) in [6, 6.07) is 12.8. The molecule has 1 amide bonds. The van der Waals surface area contributed by atoms with Gasteiger partial charge in [0.25, 0.3) is 0 Å². The van der Waals surface area contributed by atoms with Gasteiger partial charge in [0.2, 0.25) is 5.91 Å². The first-order valence-corrected chi connectivity index (χ1v) is 9.04.